The molecule has 0 bridgehead atoms. The fraction of sp³-hybridized carbons (Fsp3) is 0.200. The van der Waals surface area contributed by atoms with Gasteiger partial charge >= 0.3 is 0 Å². The second-order valence-corrected chi connectivity index (χ2v) is 8.80. The molecule has 140 valence electrons. The van der Waals surface area contributed by atoms with Gasteiger partial charge in [0.05, 0.1) is 17.0 Å². The molecule has 1 heterocycles. The number of carbonyl (C=O) groups excluding carboxylic acids is 1. The molecular formula is C20H19ClN2O3S. The summed E-state index contributed by atoms with van der Waals surface area (Å²) < 4.78 is 24.3. The third kappa shape index (κ3) is 5.52. The van der Waals surface area contributed by atoms with Crippen molar-refractivity contribution in [2.24, 2.45) is 0 Å². The van der Waals surface area contributed by atoms with E-state index in [4.69, 9.17) is 11.6 Å². The maximum absolute atomic E-state index is 12.3. The number of fused-ring (bicyclic) bond motifs is 1. The van der Waals surface area contributed by atoms with Crippen LogP contribution in [0.2, 0.25) is 5.15 Å². The van der Waals surface area contributed by atoms with Crippen molar-refractivity contribution >= 4 is 38.2 Å². The van der Waals surface area contributed by atoms with E-state index in [2.05, 4.69) is 10.3 Å². The van der Waals surface area contributed by atoms with Crippen LogP contribution in [0.5, 0.6) is 0 Å². The first-order valence-corrected chi connectivity index (χ1v) is 10.7. The van der Waals surface area contributed by atoms with Crippen molar-refractivity contribution < 1.29 is 13.2 Å². The molecule has 5 nitrogen and oxygen atoms in total. The van der Waals surface area contributed by atoms with Gasteiger partial charge in [-0.2, -0.15) is 0 Å². The molecule has 0 saturated heterocycles. The van der Waals surface area contributed by atoms with Gasteiger partial charge in [-0.05, 0) is 42.3 Å². The lowest BCUT2D eigenvalue weighted by molar-refractivity contribution is 0.0954. The van der Waals surface area contributed by atoms with Crippen molar-refractivity contribution in [2.75, 3.05) is 12.3 Å². The number of halogens is 1. The van der Waals surface area contributed by atoms with E-state index in [1.54, 1.807) is 42.5 Å². The van der Waals surface area contributed by atoms with E-state index in [-0.39, 0.29) is 17.4 Å². The summed E-state index contributed by atoms with van der Waals surface area (Å²) in [5.74, 6) is -0.197. The zero-order chi connectivity index (χ0) is 19.3. The van der Waals surface area contributed by atoms with Crippen LogP contribution < -0.4 is 5.32 Å². The van der Waals surface area contributed by atoms with Gasteiger partial charge in [0, 0.05) is 17.5 Å². The van der Waals surface area contributed by atoms with Gasteiger partial charge in [0.15, 0.2) is 9.84 Å². The lowest BCUT2D eigenvalue weighted by Gasteiger charge is -2.07. The van der Waals surface area contributed by atoms with Crippen molar-refractivity contribution in [1.29, 1.82) is 0 Å². The summed E-state index contributed by atoms with van der Waals surface area (Å²) in [6.07, 6.45) is 0.367. The summed E-state index contributed by atoms with van der Waals surface area (Å²) in [5, 5.41) is 3.98. The first-order valence-electron chi connectivity index (χ1n) is 8.52. The summed E-state index contributed by atoms with van der Waals surface area (Å²) in [4.78, 5) is 16.4. The van der Waals surface area contributed by atoms with E-state index in [1.165, 1.54) is 0 Å². The maximum atomic E-state index is 12.3. The molecule has 0 fully saturated rings. The number of nitrogens with one attached hydrogen (secondary N) is 1. The number of amides is 1. The molecule has 1 amide bonds. The molecule has 0 saturated carbocycles. The van der Waals surface area contributed by atoms with Gasteiger partial charge in [-0.15, -0.1) is 0 Å². The molecule has 0 aliphatic heterocycles. The summed E-state index contributed by atoms with van der Waals surface area (Å²) in [6.45, 7) is 0.295. The number of rotatable bonds is 7. The fourth-order valence-corrected chi connectivity index (χ4v) is 4.32. The van der Waals surface area contributed by atoms with Gasteiger partial charge in [-0.3, -0.25) is 4.79 Å². The van der Waals surface area contributed by atoms with E-state index in [1.807, 2.05) is 18.2 Å². The molecule has 3 aromatic rings. The summed E-state index contributed by atoms with van der Waals surface area (Å²) in [7, 11) is -3.20. The number of hydrogen-bond acceptors (Lipinski definition) is 4. The van der Waals surface area contributed by atoms with Crippen LogP contribution in [-0.4, -0.2) is 31.6 Å². The van der Waals surface area contributed by atoms with Crippen LogP contribution in [0.1, 0.15) is 22.3 Å². The van der Waals surface area contributed by atoms with Crippen molar-refractivity contribution in [1.82, 2.24) is 10.3 Å². The first kappa shape index (κ1) is 19.3. The van der Waals surface area contributed by atoms with Crippen molar-refractivity contribution in [2.45, 2.75) is 12.2 Å². The molecular weight excluding hydrogens is 384 g/mol. The Morgan fingerprint density at radius 2 is 1.81 bits per heavy atom. The lowest BCUT2D eigenvalue weighted by atomic mass is 10.1. The number of sulfone groups is 1. The number of nitrogens with zero attached hydrogens (tertiary/aromatic N) is 1. The average Bonchev–Trinajstić information content (AvgIpc) is 2.65. The van der Waals surface area contributed by atoms with Crippen LogP contribution in [0, 0.1) is 0 Å². The molecule has 0 aliphatic rings. The second-order valence-electron chi connectivity index (χ2n) is 6.23. The Balaban J connectivity index is 1.51. The molecule has 1 aromatic heterocycles. The van der Waals surface area contributed by atoms with Gasteiger partial charge < -0.3 is 5.32 Å². The lowest BCUT2D eigenvalue weighted by Crippen LogP contribution is -2.26. The minimum absolute atomic E-state index is 0.0159. The van der Waals surface area contributed by atoms with Crippen molar-refractivity contribution in [3.63, 3.8) is 0 Å². The highest BCUT2D eigenvalue weighted by atomic mass is 35.5. The normalized spacial score (nSPS) is 11.4. The number of carbonyl (C=O) groups is 1. The van der Waals surface area contributed by atoms with Gasteiger partial charge in [0.2, 0.25) is 0 Å². The molecule has 7 heteroatoms. The highest BCUT2D eigenvalue weighted by Crippen LogP contribution is 2.17. The molecule has 1 N–H and O–H groups in total. The minimum atomic E-state index is -3.20. The van der Waals surface area contributed by atoms with Gasteiger partial charge in [-0.25, -0.2) is 13.4 Å². The third-order valence-electron chi connectivity index (χ3n) is 4.06. The zero-order valence-corrected chi connectivity index (χ0v) is 16.1. The van der Waals surface area contributed by atoms with Crippen LogP contribution in [0.15, 0.2) is 60.7 Å². The largest absolute Gasteiger partial charge is 0.352 e. The number of aromatic nitrogens is 1. The SMILES string of the molecule is O=C(NCCCS(=O)(=O)Cc1ccccc1)c1ccc2nc(Cl)ccc2c1. The Labute approximate surface area is 163 Å². The molecule has 27 heavy (non-hydrogen) atoms. The quantitative estimate of drug-likeness (QED) is 0.483. The van der Waals surface area contributed by atoms with Crippen LogP contribution in [0.4, 0.5) is 0 Å². The predicted molar refractivity (Wildman–Crippen MR) is 108 cm³/mol. The Morgan fingerprint density at radius 1 is 1.04 bits per heavy atom. The molecule has 2 aromatic carbocycles. The highest BCUT2D eigenvalue weighted by Gasteiger charge is 2.12. The van der Waals surface area contributed by atoms with E-state index < -0.39 is 9.84 Å². The summed E-state index contributed by atoms with van der Waals surface area (Å²) in [5.41, 5.74) is 1.98. The van der Waals surface area contributed by atoms with E-state index >= 15 is 0 Å². The number of hydrogen-bond donors (Lipinski definition) is 1. The van der Waals surface area contributed by atoms with Gasteiger partial charge in [0.25, 0.3) is 5.91 Å². The predicted octanol–water partition coefficient (Wildman–Crippen LogP) is 3.62. The van der Waals surface area contributed by atoms with Gasteiger partial charge in [0.1, 0.15) is 5.15 Å². The molecule has 0 aliphatic carbocycles. The summed E-state index contributed by atoms with van der Waals surface area (Å²) >= 11 is 5.85. The van der Waals surface area contributed by atoms with Crippen molar-refractivity contribution in [3.05, 3.63) is 76.9 Å². The standard InChI is InChI=1S/C20H19ClN2O3S/c21-19-10-8-16-13-17(7-9-18(16)23-19)20(24)22-11-4-12-27(25,26)14-15-5-2-1-3-6-15/h1-3,5-10,13H,4,11-12,14H2,(H,22,24). The maximum Gasteiger partial charge on any atom is 0.251 e. The first-order chi connectivity index (χ1) is 12.9. The summed E-state index contributed by atoms with van der Waals surface area (Å²) in [6, 6.07) is 17.7. The van der Waals surface area contributed by atoms with E-state index in [0.717, 1.165) is 10.9 Å². The van der Waals surface area contributed by atoms with E-state index in [9.17, 15) is 13.2 Å². The topological polar surface area (TPSA) is 76.1 Å². The smallest absolute Gasteiger partial charge is 0.251 e. The Bertz CT molecular complexity index is 1050. The molecule has 0 spiro atoms. The minimum Gasteiger partial charge on any atom is -0.352 e. The zero-order valence-electron chi connectivity index (χ0n) is 14.6. The van der Waals surface area contributed by atoms with Crippen molar-refractivity contribution in [3.8, 4) is 0 Å². The molecule has 0 atom stereocenters. The van der Waals surface area contributed by atoms with Crippen LogP contribution in [0.25, 0.3) is 10.9 Å². The monoisotopic (exact) mass is 402 g/mol. The average molecular weight is 403 g/mol. The van der Waals surface area contributed by atoms with Crippen LogP contribution in [0.3, 0.4) is 0 Å². The second kappa shape index (κ2) is 8.50. The van der Waals surface area contributed by atoms with E-state index in [0.29, 0.717) is 29.2 Å². The number of benzene rings is 2. The number of pyridine rings is 1. The van der Waals surface area contributed by atoms with Crippen LogP contribution in [-0.2, 0) is 15.6 Å². The molecule has 3 rings (SSSR count). The molecule has 0 unspecified atom stereocenters. The Morgan fingerprint density at radius 3 is 2.59 bits per heavy atom. The van der Waals surface area contributed by atoms with Gasteiger partial charge in [-0.1, -0.05) is 41.9 Å². The Hall–Kier alpha value is -2.44. The third-order valence-corrected chi connectivity index (χ3v) is 5.96. The highest BCUT2D eigenvalue weighted by molar-refractivity contribution is 7.90. The fourth-order valence-electron chi connectivity index (χ4n) is 2.74. The Kier molecular flexibility index (Phi) is 6.08. The molecule has 0 radical (unpaired) electrons. The van der Waals surface area contributed by atoms with Crippen LogP contribution >= 0.6 is 11.6 Å².